The van der Waals surface area contributed by atoms with E-state index >= 15 is 0 Å². The summed E-state index contributed by atoms with van der Waals surface area (Å²) in [6.45, 7) is 6.59. The Balaban J connectivity index is 2.31. The van der Waals surface area contributed by atoms with Crippen LogP contribution >= 0.6 is 0 Å². The number of hydrogen-bond donors (Lipinski definition) is 1. The molecule has 19 heavy (non-hydrogen) atoms. The molecule has 0 radical (unpaired) electrons. The molecule has 0 bridgehead atoms. The molecule has 3 atom stereocenters. The van der Waals surface area contributed by atoms with Crippen LogP contribution in [0.3, 0.4) is 0 Å². The zero-order valence-corrected chi connectivity index (χ0v) is 12.1. The van der Waals surface area contributed by atoms with Gasteiger partial charge in [0.2, 0.25) is 0 Å². The van der Waals surface area contributed by atoms with E-state index in [1.54, 1.807) is 0 Å². The maximum absolute atomic E-state index is 11.5. The second kappa shape index (κ2) is 5.77. The third-order valence-electron chi connectivity index (χ3n) is 4.74. The van der Waals surface area contributed by atoms with Gasteiger partial charge in [0.25, 0.3) is 0 Å². The fourth-order valence-electron chi connectivity index (χ4n) is 3.45. The number of aryl methyl sites for hydroxylation is 1. The molecule has 0 heterocycles. The van der Waals surface area contributed by atoms with Crippen molar-refractivity contribution in [3.63, 3.8) is 0 Å². The smallest absolute Gasteiger partial charge is 0.307 e. The Hall–Kier alpha value is -1.31. The van der Waals surface area contributed by atoms with Gasteiger partial charge in [0.05, 0.1) is 5.92 Å². The van der Waals surface area contributed by atoms with Gasteiger partial charge in [-0.3, -0.25) is 4.79 Å². The molecule has 0 aromatic heterocycles. The van der Waals surface area contributed by atoms with Crippen LogP contribution in [0, 0.1) is 24.7 Å². The van der Waals surface area contributed by atoms with Crippen LogP contribution in [0.1, 0.15) is 50.2 Å². The molecule has 1 fully saturated rings. The second-order valence-corrected chi connectivity index (χ2v) is 6.22. The number of carbonyl (C=O) groups is 1. The van der Waals surface area contributed by atoms with Crippen molar-refractivity contribution in [1.29, 1.82) is 0 Å². The summed E-state index contributed by atoms with van der Waals surface area (Å²) in [5.74, 6) is 0.632. The Bertz CT molecular complexity index is 450. The van der Waals surface area contributed by atoms with E-state index in [1.807, 2.05) is 12.1 Å². The third kappa shape index (κ3) is 2.99. The Morgan fingerprint density at radius 1 is 1.26 bits per heavy atom. The van der Waals surface area contributed by atoms with Crippen LogP contribution in [0.15, 0.2) is 24.3 Å². The van der Waals surface area contributed by atoms with Crippen molar-refractivity contribution >= 4 is 5.97 Å². The first-order valence-corrected chi connectivity index (χ1v) is 7.29. The molecule has 0 spiro atoms. The molecule has 1 aliphatic rings. The quantitative estimate of drug-likeness (QED) is 0.882. The van der Waals surface area contributed by atoms with Gasteiger partial charge in [-0.15, -0.1) is 0 Å². The van der Waals surface area contributed by atoms with Crippen LogP contribution in [-0.2, 0) is 4.79 Å². The molecule has 0 amide bonds. The maximum Gasteiger partial charge on any atom is 0.307 e. The first-order valence-electron chi connectivity index (χ1n) is 7.29. The summed E-state index contributed by atoms with van der Waals surface area (Å²) in [6.07, 6.45) is 2.88. The van der Waals surface area contributed by atoms with Crippen molar-refractivity contribution in [1.82, 2.24) is 0 Å². The number of aliphatic carboxylic acids is 1. The summed E-state index contributed by atoms with van der Waals surface area (Å²) in [5.41, 5.74) is 2.46. The lowest BCUT2D eigenvalue weighted by atomic mass is 9.67. The molecule has 2 heteroatoms. The molecular weight excluding hydrogens is 236 g/mol. The van der Waals surface area contributed by atoms with E-state index in [1.165, 1.54) is 11.1 Å². The van der Waals surface area contributed by atoms with Crippen LogP contribution in [0.5, 0.6) is 0 Å². The van der Waals surface area contributed by atoms with E-state index in [2.05, 4.69) is 32.9 Å². The van der Waals surface area contributed by atoms with E-state index in [4.69, 9.17) is 0 Å². The van der Waals surface area contributed by atoms with Crippen LogP contribution < -0.4 is 0 Å². The number of benzene rings is 1. The van der Waals surface area contributed by atoms with E-state index < -0.39 is 5.97 Å². The highest BCUT2D eigenvalue weighted by Gasteiger charge is 2.37. The SMILES string of the molecule is Cc1ccccc1C1CC(C(C)C)CCC1C(=O)O. The zero-order chi connectivity index (χ0) is 14.0. The summed E-state index contributed by atoms with van der Waals surface area (Å²) in [7, 11) is 0. The van der Waals surface area contributed by atoms with Crippen LogP contribution in [0.2, 0.25) is 0 Å². The van der Waals surface area contributed by atoms with Crippen molar-refractivity contribution in [2.24, 2.45) is 17.8 Å². The standard InChI is InChI=1S/C17H24O2/c1-11(2)13-8-9-15(17(18)19)16(10-13)14-7-5-4-6-12(14)3/h4-7,11,13,15-16H,8-10H2,1-3H3,(H,18,19). The Kier molecular flexibility index (Phi) is 4.28. The lowest BCUT2D eigenvalue weighted by Gasteiger charge is -2.36. The number of hydrogen-bond acceptors (Lipinski definition) is 1. The fourth-order valence-corrected chi connectivity index (χ4v) is 3.45. The topological polar surface area (TPSA) is 37.3 Å². The monoisotopic (exact) mass is 260 g/mol. The summed E-state index contributed by atoms with van der Waals surface area (Å²) in [4.78, 5) is 11.5. The average Bonchev–Trinajstić information content (AvgIpc) is 2.38. The number of carboxylic acids is 1. The van der Waals surface area contributed by atoms with Gasteiger partial charge in [0.1, 0.15) is 0 Å². The summed E-state index contributed by atoms with van der Waals surface area (Å²) >= 11 is 0. The van der Waals surface area contributed by atoms with Crippen LogP contribution in [-0.4, -0.2) is 11.1 Å². The van der Waals surface area contributed by atoms with Gasteiger partial charge in [-0.05, 0) is 55.1 Å². The number of rotatable bonds is 3. The van der Waals surface area contributed by atoms with Gasteiger partial charge < -0.3 is 5.11 Å². The van der Waals surface area contributed by atoms with Crippen molar-refractivity contribution < 1.29 is 9.90 Å². The molecule has 1 N–H and O–H groups in total. The van der Waals surface area contributed by atoms with E-state index in [0.29, 0.717) is 11.8 Å². The molecule has 3 unspecified atom stereocenters. The number of carboxylic acid groups (broad SMARTS) is 1. The van der Waals surface area contributed by atoms with Gasteiger partial charge in [-0.25, -0.2) is 0 Å². The maximum atomic E-state index is 11.5. The summed E-state index contributed by atoms with van der Waals surface area (Å²) < 4.78 is 0. The summed E-state index contributed by atoms with van der Waals surface area (Å²) in [6, 6.07) is 8.25. The zero-order valence-electron chi connectivity index (χ0n) is 12.1. The lowest BCUT2D eigenvalue weighted by Crippen LogP contribution is -2.31. The van der Waals surface area contributed by atoms with Gasteiger partial charge in [-0.2, -0.15) is 0 Å². The van der Waals surface area contributed by atoms with Gasteiger partial charge in [-0.1, -0.05) is 38.1 Å². The molecule has 2 rings (SSSR count). The molecule has 0 saturated heterocycles. The molecule has 104 valence electrons. The van der Waals surface area contributed by atoms with Crippen molar-refractivity contribution in [2.45, 2.75) is 46.0 Å². The van der Waals surface area contributed by atoms with Crippen LogP contribution in [0.25, 0.3) is 0 Å². The molecule has 1 aromatic carbocycles. The molecule has 2 nitrogen and oxygen atoms in total. The average molecular weight is 260 g/mol. The predicted octanol–water partition coefficient (Wildman–Crippen LogP) is 4.24. The predicted molar refractivity (Wildman–Crippen MR) is 77.2 cm³/mol. The Labute approximate surface area is 115 Å². The van der Waals surface area contributed by atoms with E-state index in [9.17, 15) is 9.90 Å². The molecule has 1 aromatic rings. The minimum absolute atomic E-state index is 0.180. The van der Waals surface area contributed by atoms with E-state index in [-0.39, 0.29) is 11.8 Å². The Morgan fingerprint density at radius 2 is 1.95 bits per heavy atom. The highest BCUT2D eigenvalue weighted by molar-refractivity contribution is 5.71. The summed E-state index contributed by atoms with van der Waals surface area (Å²) in [5, 5.41) is 9.49. The second-order valence-electron chi connectivity index (χ2n) is 6.22. The molecule has 1 aliphatic carbocycles. The third-order valence-corrected chi connectivity index (χ3v) is 4.74. The van der Waals surface area contributed by atoms with Gasteiger partial charge in [0.15, 0.2) is 0 Å². The first kappa shape index (κ1) is 14.1. The van der Waals surface area contributed by atoms with Gasteiger partial charge >= 0.3 is 5.97 Å². The van der Waals surface area contributed by atoms with Gasteiger partial charge in [0, 0.05) is 0 Å². The lowest BCUT2D eigenvalue weighted by molar-refractivity contribution is -0.144. The molecule has 1 saturated carbocycles. The van der Waals surface area contributed by atoms with Crippen molar-refractivity contribution in [2.75, 3.05) is 0 Å². The minimum Gasteiger partial charge on any atom is -0.481 e. The van der Waals surface area contributed by atoms with Crippen molar-refractivity contribution in [3.8, 4) is 0 Å². The normalized spacial score (nSPS) is 27.5. The molecular formula is C17H24O2. The first-order chi connectivity index (χ1) is 9.00. The molecule has 0 aliphatic heterocycles. The highest BCUT2D eigenvalue weighted by Crippen LogP contribution is 2.44. The van der Waals surface area contributed by atoms with Crippen LogP contribution in [0.4, 0.5) is 0 Å². The highest BCUT2D eigenvalue weighted by atomic mass is 16.4. The largest absolute Gasteiger partial charge is 0.481 e. The Morgan fingerprint density at radius 3 is 2.53 bits per heavy atom. The minimum atomic E-state index is -0.629. The van der Waals surface area contributed by atoms with Crippen molar-refractivity contribution in [3.05, 3.63) is 35.4 Å². The fraction of sp³-hybridized carbons (Fsp3) is 0.588. The van der Waals surface area contributed by atoms with E-state index in [0.717, 1.165) is 19.3 Å².